The summed E-state index contributed by atoms with van der Waals surface area (Å²) in [6, 6.07) is 19.2. The normalized spacial score (nSPS) is 19.2. The number of nitrogens with zero attached hydrogens (tertiary/aromatic N) is 2. The largest absolute Gasteiger partial charge is 0.493 e. The van der Waals surface area contributed by atoms with E-state index < -0.39 is 43.8 Å². The lowest BCUT2D eigenvalue weighted by Gasteiger charge is -2.31. The Balaban J connectivity index is 1.40. The summed E-state index contributed by atoms with van der Waals surface area (Å²) < 4.78 is 35.3. The van der Waals surface area contributed by atoms with E-state index in [1.54, 1.807) is 48.5 Å². The van der Waals surface area contributed by atoms with Crippen LogP contribution in [-0.4, -0.2) is 50.2 Å². The standard InChI is InChI=1S/C30H26N4O8S3/c1-41-20-13-8-16(14-21(20)42-2)23-24-25(28(37)34(27(24)36)18-6-4-3-5-7-18)43-29-26(23)44-30(38)33(29)15-22(35)32-17-9-11-19(12-10-17)45(31,39)40/h3-14,23-25H,15H2,1-2H3,(H,32,35)(H2,31,39,40)/t23-,24-,25+/m0/s1. The number of nitrogens with one attached hydrogen (secondary N) is 1. The molecule has 15 heteroatoms. The molecule has 0 unspecified atom stereocenters. The number of anilines is 2. The molecule has 3 aromatic carbocycles. The van der Waals surface area contributed by atoms with E-state index in [0.29, 0.717) is 38.3 Å². The Kier molecular flexibility index (Phi) is 8.03. The van der Waals surface area contributed by atoms with Crippen molar-refractivity contribution < 1.29 is 32.3 Å². The Bertz CT molecular complexity index is 1990. The average Bonchev–Trinajstić information content (AvgIpc) is 3.46. The molecule has 3 heterocycles. The maximum absolute atomic E-state index is 14.0. The highest BCUT2D eigenvalue weighted by molar-refractivity contribution is 8.00. The summed E-state index contributed by atoms with van der Waals surface area (Å²) >= 11 is 2.02. The molecule has 0 aliphatic carbocycles. The maximum Gasteiger partial charge on any atom is 0.308 e. The third-order valence-electron chi connectivity index (χ3n) is 7.60. The number of carbonyl (C=O) groups is 3. The third kappa shape index (κ3) is 5.52. The zero-order chi connectivity index (χ0) is 32.0. The van der Waals surface area contributed by atoms with Crippen LogP contribution in [0, 0.1) is 5.92 Å². The highest BCUT2D eigenvalue weighted by Crippen LogP contribution is 2.54. The molecular formula is C30H26N4O8S3. The molecule has 12 nitrogen and oxygen atoms in total. The Morgan fingerprint density at radius 2 is 1.62 bits per heavy atom. The molecule has 0 spiro atoms. The second-order valence-electron chi connectivity index (χ2n) is 10.2. The maximum atomic E-state index is 14.0. The Morgan fingerprint density at radius 3 is 2.27 bits per heavy atom. The molecule has 0 bridgehead atoms. The van der Waals surface area contributed by atoms with Gasteiger partial charge in [-0.15, -0.1) is 0 Å². The van der Waals surface area contributed by atoms with E-state index in [4.69, 9.17) is 14.6 Å². The number of primary sulfonamides is 1. The summed E-state index contributed by atoms with van der Waals surface area (Å²) in [5.41, 5.74) is 1.39. The fraction of sp³-hybridized carbons (Fsp3) is 0.200. The van der Waals surface area contributed by atoms with Crippen LogP contribution in [0.5, 0.6) is 11.5 Å². The second kappa shape index (κ2) is 11.8. The van der Waals surface area contributed by atoms with Crippen molar-refractivity contribution in [3.63, 3.8) is 0 Å². The first kappa shape index (κ1) is 30.6. The van der Waals surface area contributed by atoms with Crippen LogP contribution in [0.25, 0.3) is 0 Å². The monoisotopic (exact) mass is 666 g/mol. The van der Waals surface area contributed by atoms with E-state index in [-0.39, 0.29) is 17.3 Å². The van der Waals surface area contributed by atoms with Gasteiger partial charge in [0.2, 0.25) is 27.7 Å². The molecule has 3 N–H and O–H groups in total. The number of amides is 3. The molecule has 232 valence electrons. The quantitative estimate of drug-likeness (QED) is 0.269. The summed E-state index contributed by atoms with van der Waals surface area (Å²) in [6.07, 6.45) is 0. The number of thiazole rings is 1. The van der Waals surface area contributed by atoms with Crippen molar-refractivity contribution in [2.75, 3.05) is 24.4 Å². The number of methoxy groups -OCH3 is 2. The van der Waals surface area contributed by atoms with Gasteiger partial charge < -0.3 is 14.8 Å². The zero-order valence-electron chi connectivity index (χ0n) is 23.8. The average molecular weight is 667 g/mol. The van der Waals surface area contributed by atoms with Crippen molar-refractivity contribution in [1.29, 1.82) is 0 Å². The number of fused-ring (bicyclic) bond motifs is 2. The number of sulfonamides is 1. The van der Waals surface area contributed by atoms with E-state index in [1.165, 1.54) is 48.0 Å². The van der Waals surface area contributed by atoms with Crippen LogP contribution in [-0.2, 0) is 31.0 Å². The van der Waals surface area contributed by atoms with Crippen LogP contribution in [0.2, 0.25) is 0 Å². The number of benzene rings is 3. The summed E-state index contributed by atoms with van der Waals surface area (Å²) in [7, 11) is -0.913. The van der Waals surface area contributed by atoms with Gasteiger partial charge in [-0.05, 0) is 54.1 Å². The molecule has 45 heavy (non-hydrogen) atoms. The van der Waals surface area contributed by atoms with Crippen molar-refractivity contribution in [3.8, 4) is 11.5 Å². The van der Waals surface area contributed by atoms with Gasteiger partial charge in [-0.1, -0.05) is 47.4 Å². The minimum Gasteiger partial charge on any atom is -0.493 e. The number of para-hydroxylation sites is 1. The Hall–Kier alpha value is -4.44. The van der Waals surface area contributed by atoms with Crippen LogP contribution >= 0.6 is 23.1 Å². The lowest BCUT2D eigenvalue weighted by atomic mass is 9.83. The van der Waals surface area contributed by atoms with Gasteiger partial charge in [-0.3, -0.25) is 23.7 Å². The fourth-order valence-corrected chi connectivity index (χ4v) is 8.85. The van der Waals surface area contributed by atoms with E-state index >= 15 is 0 Å². The van der Waals surface area contributed by atoms with Gasteiger partial charge in [-0.25, -0.2) is 18.5 Å². The summed E-state index contributed by atoms with van der Waals surface area (Å²) in [5.74, 6) is -1.98. The number of hydrogen-bond donors (Lipinski definition) is 2. The molecule has 1 saturated heterocycles. The van der Waals surface area contributed by atoms with Gasteiger partial charge in [-0.2, -0.15) is 0 Å². The van der Waals surface area contributed by atoms with Crippen LogP contribution in [0.3, 0.4) is 0 Å². The van der Waals surface area contributed by atoms with Crippen LogP contribution in [0.1, 0.15) is 16.4 Å². The van der Waals surface area contributed by atoms with E-state index in [2.05, 4.69) is 5.32 Å². The van der Waals surface area contributed by atoms with Crippen molar-refractivity contribution in [2.45, 2.75) is 27.6 Å². The number of rotatable bonds is 8. The van der Waals surface area contributed by atoms with Gasteiger partial charge in [0, 0.05) is 16.5 Å². The van der Waals surface area contributed by atoms with E-state index in [0.717, 1.165) is 23.1 Å². The molecular weight excluding hydrogens is 641 g/mol. The first-order valence-corrected chi connectivity index (χ1v) is 16.7. The molecule has 1 aromatic heterocycles. The second-order valence-corrected chi connectivity index (χ2v) is 13.9. The topological polar surface area (TPSA) is 167 Å². The van der Waals surface area contributed by atoms with Crippen molar-refractivity contribution in [1.82, 2.24) is 4.57 Å². The van der Waals surface area contributed by atoms with Gasteiger partial charge in [0.15, 0.2) is 11.5 Å². The van der Waals surface area contributed by atoms with Crippen molar-refractivity contribution in [3.05, 3.63) is 92.9 Å². The first-order valence-electron chi connectivity index (χ1n) is 13.5. The minimum absolute atomic E-state index is 0.115. The first-order chi connectivity index (χ1) is 21.5. The number of nitrogens with two attached hydrogens (primary N) is 1. The zero-order valence-corrected chi connectivity index (χ0v) is 26.3. The highest BCUT2D eigenvalue weighted by atomic mass is 32.2. The molecule has 0 saturated carbocycles. The molecule has 4 aromatic rings. The van der Waals surface area contributed by atoms with Gasteiger partial charge in [0.1, 0.15) is 11.8 Å². The highest BCUT2D eigenvalue weighted by Gasteiger charge is 2.57. The minimum atomic E-state index is -3.91. The summed E-state index contributed by atoms with van der Waals surface area (Å²) in [6.45, 7) is -0.380. The van der Waals surface area contributed by atoms with Crippen molar-refractivity contribution >= 4 is 62.2 Å². The number of thioether (sulfide) groups is 1. The molecule has 6 rings (SSSR count). The number of imide groups is 1. The molecule has 2 aliphatic rings. The molecule has 2 aliphatic heterocycles. The predicted octanol–water partition coefficient (Wildman–Crippen LogP) is 3.01. The number of ether oxygens (including phenoxy) is 2. The lowest BCUT2D eigenvalue weighted by Crippen LogP contribution is -2.33. The Morgan fingerprint density at radius 1 is 0.933 bits per heavy atom. The Labute approximate surface area is 265 Å². The lowest BCUT2D eigenvalue weighted by molar-refractivity contribution is -0.122. The predicted molar refractivity (Wildman–Crippen MR) is 168 cm³/mol. The molecule has 3 atom stereocenters. The van der Waals surface area contributed by atoms with Crippen LogP contribution in [0.4, 0.5) is 11.4 Å². The number of hydrogen-bond acceptors (Lipinski definition) is 10. The summed E-state index contributed by atoms with van der Waals surface area (Å²) in [5, 5.41) is 7.36. The molecule has 0 radical (unpaired) electrons. The third-order valence-corrected chi connectivity index (χ3v) is 11.1. The van der Waals surface area contributed by atoms with E-state index in [9.17, 15) is 27.6 Å². The van der Waals surface area contributed by atoms with Crippen LogP contribution in [0.15, 0.2) is 87.5 Å². The smallest absolute Gasteiger partial charge is 0.308 e. The summed E-state index contributed by atoms with van der Waals surface area (Å²) in [4.78, 5) is 55.6. The van der Waals surface area contributed by atoms with Gasteiger partial charge in [0.05, 0.1) is 35.7 Å². The van der Waals surface area contributed by atoms with Crippen molar-refractivity contribution in [2.24, 2.45) is 11.1 Å². The molecule has 1 fully saturated rings. The molecule has 3 amide bonds. The number of aromatic nitrogens is 1. The van der Waals surface area contributed by atoms with Gasteiger partial charge >= 0.3 is 4.87 Å². The SMILES string of the molecule is COc1ccc([C@@H]2c3sc(=O)n(CC(=O)Nc4ccc(S(N)(=O)=O)cc4)c3S[C@H]3C(=O)N(c4ccccc4)C(=O)[C@@H]23)cc1OC. The fourth-order valence-electron chi connectivity index (χ4n) is 5.56. The van der Waals surface area contributed by atoms with Gasteiger partial charge in [0.25, 0.3) is 0 Å². The number of carbonyl (C=O) groups excluding carboxylic acids is 3. The van der Waals surface area contributed by atoms with Crippen LogP contribution < -0.4 is 29.7 Å². The van der Waals surface area contributed by atoms with E-state index in [1.807, 2.05) is 0 Å².